The molecule has 2 saturated carbocycles. The van der Waals surface area contributed by atoms with Crippen LogP contribution < -0.4 is 37.2 Å². The fraction of sp³-hybridized carbons (Fsp3) is 0.794. The van der Waals surface area contributed by atoms with Crippen LogP contribution in [0.1, 0.15) is 111 Å². The summed E-state index contributed by atoms with van der Waals surface area (Å²) in [5.41, 5.74) is 3.12. The van der Waals surface area contributed by atoms with E-state index in [2.05, 4.69) is 48.9 Å². The number of aliphatic hydroxyl groups excluding tert-OH is 2. The molecule has 0 bridgehead atoms. The quantitative estimate of drug-likeness (QED) is 0.0848. The number of hydrogen-bond donors (Lipinski definition) is 5. The molecule has 0 radical (unpaired) electrons. The van der Waals surface area contributed by atoms with Crippen LogP contribution in [-0.2, 0) is 4.79 Å². The van der Waals surface area contributed by atoms with E-state index >= 15 is 0 Å². The second kappa shape index (κ2) is 14.3. The molecule has 41 heavy (non-hydrogen) atoms. The molecule has 4 aliphatic carbocycles. The number of carbonyl (C=O) groups excluding carboxylic acids is 1. The van der Waals surface area contributed by atoms with E-state index in [-0.39, 0.29) is 21.4 Å². The number of fused-ring (bicyclic) bond motifs is 2. The van der Waals surface area contributed by atoms with Crippen LogP contribution in [-0.4, -0.2) is 48.5 Å². The molecule has 5 N–H and O–H groups in total. The predicted octanol–water partition coefficient (Wildman–Crippen LogP) is 2.27. The van der Waals surface area contributed by atoms with Gasteiger partial charge in [0, 0.05) is 0 Å². The van der Waals surface area contributed by atoms with Gasteiger partial charge >= 0.3 is 260 Å². The molecule has 7 heteroatoms. The summed E-state index contributed by atoms with van der Waals surface area (Å²) < 4.78 is 0.495. The van der Waals surface area contributed by atoms with Crippen LogP contribution in [0.25, 0.3) is 0 Å². The van der Waals surface area contributed by atoms with E-state index in [0.29, 0.717) is 16.3 Å². The van der Waals surface area contributed by atoms with Crippen molar-refractivity contribution < 1.29 is 36.2 Å². The Kier molecular flexibility index (Phi) is 11.0. The number of halogens is 1. The van der Waals surface area contributed by atoms with E-state index in [1.807, 2.05) is 6.20 Å². The molecule has 6 unspecified atom stereocenters. The minimum atomic E-state index is -0.629. The Bertz CT molecular complexity index is 1000. The summed E-state index contributed by atoms with van der Waals surface area (Å²) in [7, 11) is 0. The summed E-state index contributed by atoms with van der Waals surface area (Å²) in [5, 5.41) is 33.1. The van der Waals surface area contributed by atoms with Gasteiger partial charge in [-0.2, -0.15) is 0 Å². The fourth-order valence-electron chi connectivity index (χ4n) is 8.12. The van der Waals surface area contributed by atoms with Crippen LogP contribution in [0.15, 0.2) is 35.1 Å². The third-order valence-corrected chi connectivity index (χ3v) is 14.3. The van der Waals surface area contributed by atoms with Crippen LogP contribution in [0.2, 0.25) is 0 Å². The van der Waals surface area contributed by atoms with Crippen molar-refractivity contribution in [1.82, 2.24) is 16.0 Å². The first kappa shape index (κ1) is 31.5. The van der Waals surface area contributed by atoms with Crippen molar-refractivity contribution in [3.8, 4) is 0 Å². The SMILES string of the molecule is CC(C)(C)NC(O)C1CCCC=C1C[C@@H](O)[C@@H](NC(=O)C1=C2C=CNCC2CCC1)[I-]C1CCC2CCCCC2C1. The zero-order valence-corrected chi connectivity index (χ0v) is 27.8. The number of hydrogen-bond acceptors (Lipinski definition) is 5. The first-order valence-corrected chi connectivity index (χ1v) is 19.1. The molecule has 6 nitrogen and oxygen atoms in total. The van der Waals surface area contributed by atoms with E-state index < -0.39 is 33.5 Å². The number of carbonyl (C=O) groups is 1. The van der Waals surface area contributed by atoms with Gasteiger partial charge in [-0.05, 0) is 0 Å². The summed E-state index contributed by atoms with van der Waals surface area (Å²) in [4.78, 5) is 13.9. The van der Waals surface area contributed by atoms with Gasteiger partial charge in [-0.25, -0.2) is 0 Å². The van der Waals surface area contributed by atoms with Crippen LogP contribution in [0.3, 0.4) is 0 Å². The maximum absolute atomic E-state index is 13.9. The molecule has 0 aromatic rings. The first-order chi connectivity index (χ1) is 19.7. The third-order valence-electron chi connectivity index (χ3n) is 10.2. The normalized spacial score (nSPS) is 32.7. The van der Waals surface area contributed by atoms with Gasteiger partial charge < -0.3 is 0 Å². The van der Waals surface area contributed by atoms with Gasteiger partial charge in [-0.15, -0.1) is 0 Å². The molecular formula is C34H55IN3O3-. The van der Waals surface area contributed by atoms with Crippen molar-refractivity contribution in [1.29, 1.82) is 0 Å². The summed E-state index contributed by atoms with van der Waals surface area (Å²) in [6.45, 7) is 7.15. The van der Waals surface area contributed by atoms with Crippen molar-refractivity contribution in [3.63, 3.8) is 0 Å². The van der Waals surface area contributed by atoms with E-state index in [1.54, 1.807) is 0 Å². The van der Waals surface area contributed by atoms with Crippen molar-refractivity contribution in [2.24, 2.45) is 23.7 Å². The number of alkyl halides is 2. The summed E-state index contributed by atoms with van der Waals surface area (Å²) in [6.07, 6.45) is 21.1. The second-order valence-corrected chi connectivity index (χ2v) is 18.2. The van der Waals surface area contributed by atoms with Crippen LogP contribution in [0.5, 0.6) is 0 Å². The van der Waals surface area contributed by atoms with E-state index in [4.69, 9.17) is 0 Å². The van der Waals surface area contributed by atoms with E-state index in [9.17, 15) is 15.0 Å². The van der Waals surface area contributed by atoms with Crippen LogP contribution >= 0.6 is 0 Å². The first-order valence-electron chi connectivity index (χ1n) is 16.6. The van der Waals surface area contributed by atoms with Crippen molar-refractivity contribution in [2.45, 2.75) is 137 Å². The van der Waals surface area contributed by atoms with Crippen molar-refractivity contribution in [3.05, 3.63) is 35.1 Å². The average molecular weight is 681 g/mol. The van der Waals surface area contributed by atoms with Gasteiger partial charge in [0.1, 0.15) is 0 Å². The molecule has 0 aromatic carbocycles. The zero-order valence-electron chi connectivity index (χ0n) is 25.6. The molecule has 232 valence electrons. The standard InChI is InChI=1S/C34H55IN3O3/c1-34(2,3)38-33(41)28-13-7-6-11-24(28)20-30(39)31(35-26-16-15-22-9-4-5-10-23(22)19-26)37-32(40)29-14-8-12-25-21-36-18-17-27(25)29/h11,17-18,22-23,25-26,28,30-31,33,36,38-39,41H,4-10,12-16,19-21H2,1-3H3,(H,37,40)/q-1/t22?,23?,25?,26?,28?,30-,31-,33?/m1/s1. The Balaban J connectivity index is 1.32. The summed E-state index contributed by atoms with van der Waals surface area (Å²) in [6, 6.07) is 0. The molecule has 5 rings (SSSR count). The topological polar surface area (TPSA) is 93.6 Å². The van der Waals surface area contributed by atoms with Crippen LogP contribution in [0, 0.1) is 23.7 Å². The van der Waals surface area contributed by atoms with Crippen LogP contribution in [0.4, 0.5) is 0 Å². The number of allylic oxidation sites excluding steroid dienone is 2. The Labute approximate surface area is 258 Å². The minimum absolute atomic E-state index is 0.00811. The van der Waals surface area contributed by atoms with Crippen molar-refractivity contribution >= 4 is 5.91 Å². The molecule has 1 heterocycles. The molecule has 1 aliphatic heterocycles. The van der Waals surface area contributed by atoms with Gasteiger partial charge in [0.05, 0.1) is 0 Å². The maximum atomic E-state index is 13.9. The molecule has 2 fully saturated rings. The summed E-state index contributed by atoms with van der Waals surface area (Å²) in [5.74, 6) is 2.23. The van der Waals surface area contributed by atoms with Gasteiger partial charge in [0.2, 0.25) is 0 Å². The molecule has 5 aliphatic rings. The molecule has 0 aromatic heterocycles. The Hall–Kier alpha value is -0.900. The monoisotopic (exact) mass is 680 g/mol. The van der Waals surface area contributed by atoms with E-state index in [1.165, 1.54) is 50.5 Å². The number of amides is 1. The molecule has 8 atom stereocenters. The number of aliphatic hydroxyl groups is 2. The molecule has 0 spiro atoms. The molecular weight excluding hydrogens is 625 g/mol. The Morgan fingerprint density at radius 3 is 2.66 bits per heavy atom. The van der Waals surface area contributed by atoms with Gasteiger partial charge in [0.25, 0.3) is 0 Å². The summed E-state index contributed by atoms with van der Waals surface area (Å²) >= 11 is -0.435. The Morgan fingerprint density at radius 2 is 1.85 bits per heavy atom. The van der Waals surface area contributed by atoms with Crippen molar-refractivity contribution in [2.75, 3.05) is 6.54 Å². The van der Waals surface area contributed by atoms with Gasteiger partial charge in [-0.1, -0.05) is 0 Å². The second-order valence-electron chi connectivity index (χ2n) is 14.4. The van der Waals surface area contributed by atoms with Gasteiger partial charge in [-0.3, -0.25) is 0 Å². The van der Waals surface area contributed by atoms with E-state index in [0.717, 1.165) is 68.1 Å². The van der Waals surface area contributed by atoms with Gasteiger partial charge in [0.15, 0.2) is 0 Å². The fourth-order valence-corrected chi connectivity index (χ4v) is 12.1. The molecule has 0 saturated heterocycles. The third kappa shape index (κ3) is 8.39. The number of rotatable bonds is 9. The zero-order chi connectivity index (χ0) is 29.0. The Morgan fingerprint density at radius 1 is 1.05 bits per heavy atom. The average Bonchev–Trinajstić information content (AvgIpc) is 2.95. The molecule has 1 amide bonds. The number of nitrogens with one attached hydrogen (secondary N) is 3. The predicted molar refractivity (Wildman–Crippen MR) is 161 cm³/mol.